The van der Waals surface area contributed by atoms with E-state index >= 15 is 0 Å². The van der Waals surface area contributed by atoms with E-state index in [2.05, 4.69) is 16.9 Å². The fourth-order valence-electron chi connectivity index (χ4n) is 6.37. The van der Waals surface area contributed by atoms with Gasteiger partial charge < -0.3 is 0 Å². The first-order valence-electron chi connectivity index (χ1n) is 10.2. The predicted octanol–water partition coefficient (Wildman–Crippen LogP) is 5.75. The highest BCUT2D eigenvalue weighted by Gasteiger charge is 2.51. The van der Waals surface area contributed by atoms with Crippen molar-refractivity contribution in [3.63, 3.8) is 0 Å². The highest BCUT2D eigenvalue weighted by atomic mass is 35.5. The fourth-order valence-corrected chi connectivity index (χ4v) is 7.70. The molecule has 4 fully saturated rings. The van der Waals surface area contributed by atoms with Gasteiger partial charge in [-0.3, -0.25) is 4.72 Å². The maximum absolute atomic E-state index is 12.5. The van der Waals surface area contributed by atoms with Crippen molar-refractivity contribution in [3.8, 4) is 0 Å². The van der Waals surface area contributed by atoms with E-state index in [-0.39, 0.29) is 5.75 Å². The van der Waals surface area contributed by atoms with E-state index in [9.17, 15) is 8.42 Å². The third-order valence-electron chi connectivity index (χ3n) is 7.08. The third-order valence-corrected chi connectivity index (χ3v) is 8.59. The minimum atomic E-state index is -3.45. The standard InChI is InChI=1S/C23H26ClNO2S/c24-21-5-1-16(2-6-21)15-28(26,27)25-22-7-3-20(4-8-22)23-12-17-9-18(13-23)11-19(10-17)14-23/h1-8,17-19,25H,9-15H2. The fraction of sp³-hybridized carbons (Fsp3) is 0.478. The molecule has 1 N–H and O–H groups in total. The summed E-state index contributed by atoms with van der Waals surface area (Å²) in [4.78, 5) is 0. The van der Waals surface area contributed by atoms with Crippen molar-refractivity contribution in [2.45, 2.75) is 49.7 Å². The van der Waals surface area contributed by atoms with Crippen LogP contribution in [-0.4, -0.2) is 8.42 Å². The molecule has 0 atom stereocenters. The largest absolute Gasteiger partial charge is 0.283 e. The zero-order valence-corrected chi connectivity index (χ0v) is 17.5. The van der Waals surface area contributed by atoms with Gasteiger partial charge in [0.15, 0.2) is 0 Å². The second-order valence-electron chi connectivity index (χ2n) is 9.26. The highest BCUT2D eigenvalue weighted by molar-refractivity contribution is 7.91. The maximum Gasteiger partial charge on any atom is 0.236 e. The molecule has 148 valence electrons. The van der Waals surface area contributed by atoms with Crippen LogP contribution in [-0.2, 0) is 21.2 Å². The Balaban J connectivity index is 1.31. The summed E-state index contributed by atoms with van der Waals surface area (Å²) in [5.41, 5.74) is 3.12. The lowest BCUT2D eigenvalue weighted by Gasteiger charge is -2.57. The van der Waals surface area contributed by atoms with Crippen LogP contribution in [0.15, 0.2) is 48.5 Å². The number of sulfonamides is 1. The average Bonchev–Trinajstić information content (AvgIpc) is 2.62. The number of nitrogens with one attached hydrogen (secondary N) is 1. The van der Waals surface area contributed by atoms with Crippen LogP contribution in [0.3, 0.4) is 0 Å². The zero-order valence-electron chi connectivity index (χ0n) is 15.9. The van der Waals surface area contributed by atoms with Gasteiger partial charge in [0.25, 0.3) is 0 Å². The van der Waals surface area contributed by atoms with Gasteiger partial charge in [0, 0.05) is 10.7 Å². The molecule has 0 aromatic heterocycles. The van der Waals surface area contributed by atoms with E-state index in [4.69, 9.17) is 11.6 Å². The molecule has 0 radical (unpaired) electrons. The van der Waals surface area contributed by atoms with Crippen LogP contribution in [0.25, 0.3) is 0 Å². The van der Waals surface area contributed by atoms with E-state index in [0.717, 1.165) is 23.3 Å². The van der Waals surface area contributed by atoms with Gasteiger partial charge in [-0.05, 0) is 97.1 Å². The zero-order chi connectivity index (χ0) is 19.4. The van der Waals surface area contributed by atoms with Crippen molar-refractivity contribution < 1.29 is 8.42 Å². The molecular formula is C23H26ClNO2S. The predicted molar refractivity (Wildman–Crippen MR) is 114 cm³/mol. The van der Waals surface area contributed by atoms with Crippen molar-refractivity contribution in [1.82, 2.24) is 0 Å². The van der Waals surface area contributed by atoms with E-state index in [1.807, 2.05) is 12.1 Å². The summed E-state index contributed by atoms with van der Waals surface area (Å²) in [7, 11) is -3.45. The Morgan fingerprint density at radius 1 is 0.857 bits per heavy atom. The van der Waals surface area contributed by atoms with Crippen LogP contribution in [0.2, 0.25) is 5.02 Å². The number of halogens is 1. The van der Waals surface area contributed by atoms with E-state index in [1.165, 1.54) is 44.1 Å². The Hall–Kier alpha value is -1.52. The molecule has 0 unspecified atom stereocenters. The summed E-state index contributed by atoms with van der Waals surface area (Å²) in [5.74, 6) is 2.66. The Bertz CT molecular complexity index is 931. The normalized spacial score (nSPS) is 31.1. The lowest BCUT2D eigenvalue weighted by atomic mass is 9.48. The van der Waals surface area contributed by atoms with Crippen LogP contribution in [0.5, 0.6) is 0 Å². The van der Waals surface area contributed by atoms with Gasteiger partial charge in [-0.15, -0.1) is 0 Å². The monoisotopic (exact) mass is 415 g/mol. The molecular weight excluding hydrogens is 390 g/mol. The molecule has 0 spiro atoms. The number of benzene rings is 2. The van der Waals surface area contributed by atoms with Crippen molar-refractivity contribution >= 4 is 27.3 Å². The molecule has 2 aromatic carbocycles. The van der Waals surface area contributed by atoms with Gasteiger partial charge in [0.2, 0.25) is 10.0 Å². The molecule has 4 bridgehead atoms. The van der Waals surface area contributed by atoms with Crippen LogP contribution < -0.4 is 4.72 Å². The van der Waals surface area contributed by atoms with Crippen LogP contribution in [0.1, 0.15) is 49.7 Å². The van der Waals surface area contributed by atoms with E-state index in [0.29, 0.717) is 16.1 Å². The Morgan fingerprint density at radius 2 is 1.39 bits per heavy atom. The van der Waals surface area contributed by atoms with E-state index in [1.54, 1.807) is 24.3 Å². The lowest BCUT2D eigenvalue weighted by molar-refractivity contribution is -0.00518. The molecule has 2 aromatic rings. The molecule has 6 rings (SSSR count). The van der Waals surface area contributed by atoms with E-state index < -0.39 is 10.0 Å². The first kappa shape index (κ1) is 18.5. The Labute approximate surface area is 172 Å². The number of hydrogen-bond acceptors (Lipinski definition) is 2. The number of hydrogen-bond donors (Lipinski definition) is 1. The number of anilines is 1. The van der Waals surface area contributed by atoms with Crippen molar-refractivity contribution in [1.29, 1.82) is 0 Å². The lowest BCUT2D eigenvalue weighted by Crippen LogP contribution is -2.48. The smallest absolute Gasteiger partial charge is 0.236 e. The van der Waals surface area contributed by atoms with Crippen LogP contribution >= 0.6 is 11.6 Å². The van der Waals surface area contributed by atoms with Crippen LogP contribution in [0.4, 0.5) is 5.69 Å². The first-order valence-corrected chi connectivity index (χ1v) is 12.3. The summed E-state index contributed by atoms with van der Waals surface area (Å²) in [6.07, 6.45) is 8.26. The summed E-state index contributed by atoms with van der Waals surface area (Å²) >= 11 is 5.87. The van der Waals surface area contributed by atoms with Crippen LogP contribution in [0, 0.1) is 17.8 Å². The second kappa shape index (κ2) is 6.77. The molecule has 3 nitrogen and oxygen atoms in total. The highest BCUT2D eigenvalue weighted by Crippen LogP contribution is 2.60. The summed E-state index contributed by atoms with van der Waals surface area (Å²) < 4.78 is 27.8. The van der Waals surface area contributed by atoms with Gasteiger partial charge in [-0.25, -0.2) is 8.42 Å². The summed E-state index contributed by atoms with van der Waals surface area (Å²) in [5, 5.41) is 0.606. The quantitative estimate of drug-likeness (QED) is 0.675. The molecule has 4 aliphatic rings. The molecule has 0 heterocycles. The molecule has 28 heavy (non-hydrogen) atoms. The molecule has 0 aliphatic heterocycles. The summed E-state index contributed by atoms with van der Waals surface area (Å²) in [6.45, 7) is 0. The Kier molecular flexibility index (Phi) is 4.48. The van der Waals surface area contributed by atoms with Crippen molar-refractivity contribution in [2.75, 3.05) is 4.72 Å². The third kappa shape index (κ3) is 3.57. The maximum atomic E-state index is 12.5. The molecule has 4 aliphatic carbocycles. The van der Waals surface area contributed by atoms with Gasteiger partial charge in [0.1, 0.15) is 0 Å². The van der Waals surface area contributed by atoms with Crippen molar-refractivity contribution in [3.05, 3.63) is 64.7 Å². The van der Waals surface area contributed by atoms with Gasteiger partial charge in [-0.2, -0.15) is 0 Å². The minimum Gasteiger partial charge on any atom is -0.283 e. The topological polar surface area (TPSA) is 46.2 Å². The Morgan fingerprint density at radius 3 is 1.93 bits per heavy atom. The second-order valence-corrected chi connectivity index (χ2v) is 11.4. The van der Waals surface area contributed by atoms with Gasteiger partial charge in [-0.1, -0.05) is 35.9 Å². The molecule has 5 heteroatoms. The number of rotatable bonds is 5. The molecule has 0 amide bonds. The minimum absolute atomic E-state index is 0.0547. The van der Waals surface area contributed by atoms with Gasteiger partial charge in [0.05, 0.1) is 5.75 Å². The summed E-state index contributed by atoms with van der Waals surface area (Å²) in [6, 6.07) is 15.1. The SMILES string of the molecule is O=S(=O)(Cc1ccc(Cl)cc1)Nc1ccc(C23CC4CC(CC(C4)C2)C3)cc1. The molecule has 4 saturated carbocycles. The van der Waals surface area contributed by atoms with Gasteiger partial charge >= 0.3 is 0 Å². The first-order chi connectivity index (χ1) is 13.4. The molecule has 0 saturated heterocycles. The average molecular weight is 416 g/mol. The van der Waals surface area contributed by atoms with Crippen molar-refractivity contribution in [2.24, 2.45) is 17.8 Å².